The highest BCUT2D eigenvalue weighted by atomic mass is 20.0. The zero-order valence-corrected chi connectivity index (χ0v) is 8.47. The highest BCUT2D eigenvalue weighted by molar-refractivity contribution is 5.52. The van der Waals surface area contributed by atoms with Gasteiger partial charge in [0.2, 0.25) is 0 Å². The molecule has 1 saturated carbocycles. The second-order valence-electron chi connectivity index (χ2n) is 3.10. The fraction of sp³-hybridized carbons (Fsp3) is 0.857. The van der Waals surface area contributed by atoms with Crippen LogP contribution in [0, 0.1) is 11.8 Å². The number of hydrogen-bond donors (Lipinski definition) is 0. The summed E-state index contributed by atoms with van der Waals surface area (Å²) < 4.78 is 53.4. The maximum Gasteiger partial charge on any atom is 0.170 e. The summed E-state index contributed by atoms with van der Waals surface area (Å²) in [6.45, 7) is 5.33. The van der Waals surface area contributed by atoms with Crippen molar-refractivity contribution < 1.29 is 36.9 Å². The lowest BCUT2D eigenvalue weighted by molar-refractivity contribution is 0.108. The van der Waals surface area contributed by atoms with E-state index >= 15 is 0 Å². The van der Waals surface area contributed by atoms with E-state index in [0.29, 0.717) is 11.8 Å². The maximum absolute atomic E-state index is 8.00. The minimum Gasteiger partial charge on any atom is -0.475 e. The number of aliphatic imine (C=N–C) groups is 1. The van der Waals surface area contributed by atoms with Crippen molar-refractivity contribution in [1.82, 2.24) is 0 Å². The van der Waals surface area contributed by atoms with Gasteiger partial charge in [-0.1, -0.05) is 13.8 Å². The van der Waals surface area contributed by atoms with Crippen molar-refractivity contribution in [2.24, 2.45) is 16.8 Å². The van der Waals surface area contributed by atoms with Gasteiger partial charge in [-0.25, -0.2) is 0 Å². The zero-order chi connectivity index (χ0) is 12.5. The second kappa shape index (κ2) is 10.5. The molecular weight excluding hydrogens is 247 g/mol. The van der Waals surface area contributed by atoms with E-state index in [1.165, 1.54) is 0 Å². The summed E-state index contributed by atoms with van der Waals surface area (Å²) in [7, 11) is 0. The van der Waals surface area contributed by atoms with Crippen LogP contribution in [0.25, 0.3) is 0 Å². The van der Waals surface area contributed by atoms with Crippen molar-refractivity contribution in [1.29, 1.82) is 0 Å². The molecule has 1 fully saturated rings. The molecule has 0 aromatic rings. The molecule has 1 heterocycles. The van der Waals surface area contributed by atoms with Crippen molar-refractivity contribution in [3.05, 3.63) is 0 Å². The van der Waals surface area contributed by atoms with E-state index in [2.05, 4.69) is 18.8 Å². The molecule has 2 rings (SSSR count). The standard InChI is InChI=1S/C7H11NO.3F2.FH/c1-5-6(2)7(5)3-8-4-9-7;3*1-2;/h4-6H,3H2,1-2H3;;;;1H. The molecule has 0 N–H and O–H groups in total. The van der Waals surface area contributed by atoms with Gasteiger partial charge in [0.25, 0.3) is 0 Å². The van der Waals surface area contributed by atoms with Crippen LogP contribution in [-0.2, 0) is 4.74 Å². The molecule has 16 heavy (non-hydrogen) atoms. The lowest BCUT2D eigenvalue weighted by Crippen LogP contribution is -2.15. The first-order chi connectivity index (χ1) is 7.27. The largest absolute Gasteiger partial charge is 0.475 e. The molecule has 1 aliphatic heterocycles. The summed E-state index contributed by atoms with van der Waals surface area (Å²) in [5.74, 6) is 1.42. The Labute approximate surface area is 87.2 Å². The van der Waals surface area contributed by atoms with Crippen LogP contribution in [0.3, 0.4) is 0 Å². The fourth-order valence-corrected chi connectivity index (χ4v) is 1.68. The third-order valence-electron chi connectivity index (χ3n) is 2.87. The van der Waals surface area contributed by atoms with Gasteiger partial charge in [0.05, 0.1) is 6.54 Å². The summed E-state index contributed by atoms with van der Waals surface area (Å²) in [5.41, 5.74) is 0.139. The van der Waals surface area contributed by atoms with Crippen molar-refractivity contribution in [3.63, 3.8) is 0 Å². The molecule has 2 atom stereocenters. The molecule has 1 spiro atoms. The lowest BCUT2D eigenvalue weighted by Gasteiger charge is -2.05. The van der Waals surface area contributed by atoms with Crippen molar-refractivity contribution >= 4 is 6.40 Å². The van der Waals surface area contributed by atoms with E-state index in [1.54, 1.807) is 6.40 Å². The summed E-state index contributed by atoms with van der Waals surface area (Å²) >= 11 is 0. The normalized spacial score (nSPS) is 31.5. The van der Waals surface area contributed by atoms with E-state index in [-0.39, 0.29) is 10.3 Å². The smallest absolute Gasteiger partial charge is 0.170 e. The summed E-state index contributed by atoms with van der Waals surface area (Å²) in [6, 6.07) is 0. The van der Waals surface area contributed by atoms with Gasteiger partial charge < -0.3 is 4.74 Å². The SMILES string of the molecule is CC1C(C)C12CN=CO2.F.FF.FF.FF. The quantitative estimate of drug-likeness (QED) is 0.607. The average molecular weight is 259 g/mol. The predicted octanol–water partition coefficient (Wildman–Crippen LogP) is 3.74. The molecule has 0 aromatic carbocycles. The first-order valence-corrected chi connectivity index (χ1v) is 3.86. The van der Waals surface area contributed by atoms with E-state index < -0.39 is 0 Å². The van der Waals surface area contributed by atoms with Crippen LogP contribution < -0.4 is 0 Å². The van der Waals surface area contributed by atoms with Gasteiger partial charge in [0.1, 0.15) is 5.60 Å². The minimum atomic E-state index is 0. The number of halogens is 7. The number of ether oxygens (including phenoxy) is 1. The number of nitrogens with zero attached hydrogens (tertiary/aromatic N) is 1. The summed E-state index contributed by atoms with van der Waals surface area (Å²) in [4.78, 5) is 4.05. The van der Waals surface area contributed by atoms with E-state index in [4.69, 9.17) is 32.2 Å². The second-order valence-corrected chi connectivity index (χ2v) is 3.10. The average Bonchev–Trinajstić information content (AvgIpc) is 2.74. The minimum absolute atomic E-state index is 0. The molecule has 100 valence electrons. The Morgan fingerprint density at radius 2 is 1.44 bits per heavy atom. The number of rotatable bonds is 0. The maximum atomic E-state index is 8.00. The Morgan fingerprint density at radius 3 is 1.56 bits per heavy atom. The summed E-state index contributed by atoms with van der Waals surface area (Å²) in [6.07, 6.45) is 1.60. The fourth-order valence-electron chi connectivity index (χ4n) is 1.68. The van der Waals surface area contributed by atoms with Gasteiger partial charge in [-0.15, -0.1) is 0 Å². The van der Waals surface area contributed by atoms with E-state index in [1.807, 2.05) is 0 Å². The molecular formula is C7H12F7NO. The van der Waals surface area contributed by atoms with E-state index in [9.17, 15) is 0 Å². The van der Waals surface area contributed by atoms with E-state index in [0.717, 1.165) is 6.54 Å². The molecule has 0 bridgehead atoms. The van der Waals surface area contributed by atoms with Crippen LogP contribution in [-0.4, -0.2) is 18.5 Å². The van der Waals surface area contributed by atoms with Crippen LogP contribution >= 0.6 is 0 Å². The Balaban J connectivity index is -0.000000214. The first-order valence-electron chi connectivity index (χ1n) is 3.86. The summed E-state index contributed by atoms with van der Waals surface area (Å²) in [5, 5.41) is 0. The molecule has 0 radical (unpaired) electrons. The monoisotopic (exact) mass is 259 g/mol. The molecule has 9 heteroatoms. The zero-order valence-electron chi connectivity index (χ0n) is 8.47. The van der Waals surface area contributed by atoms with Gasteiger partial charge >= 0.3 is 0 Å². The van der Waals surface area contributed by atoms with Crippen LogP contribution in [0.4, 0.5) is 32.1 Å². The molecule has 2 nitrogen and oxygen atoms in total. The highest BCUT2D eigenvalue weighted by Gasteiger charge is 2.62. The van der Waals surface area contributed by atoms with Gasteiger partial charge in [0.15, 0.2) is 6.40 Å². The molecule has 2 unspecified atom stereocenters. The third-order valence-corrected chi connectivity index (χ3v) is 2.87. The Kier molecular flexibility index (Phi) is 13.4. The Morgan fingerprint density at radius 1 is 1.06 bits per heavy atom. The topological polar surface area (TPSA) is 21.6 Å². The van der Waals surface area contributed by atoms with Crippen LogP contribution in [0.15, 0.2) is 4.99 Å². The first kappa shape index (κ1) is 20.4. The van der Waals surface area contributed by atoms with Crippen molar-refractivity contribution in [2.45, 2.75) is 19.4 Å². The molecule has 0 saturated heterocycles. The van der Waals surface area contributed by atoms with Crippen molar-refractivity contribution in [3.8, 4) is 0 Å². The molecule has 1 aliphatic carbocycles. The lowest BCUT2D eigenvalue weighted by atomic mass is 10.3. The molecule has 0 aromatic heterocycles. The Hall–Kier alpha value is -1.02. The van der Waals surface area contributed by atoms with Gasteiger partial charge in [-0.3, -0.25) is 9.70 Å². The third kappa shape index (κ3) is 3.86. The predicted molar refractivity (Wildman–Crippen MR) is 44.7 cm³/mol. The van der Waals surface area contributed by atoms with Gasteiger partial charge in [0, 0.05) is 39.3 Å². The van der Waals surface area contributed by atoms with Gasteiger partial charge in [-0.05, 0) is 0 Å². The molecule has 2 aliphatic rings. The molecule has 0 amide bonds. The number of hydrogen-bond acceptors (Lipinski definition) is 2. The Bertz CT molecular complexity index is 162. The van der Waals surface area contributed by atoms with Crippen molar-refractivity contribution in [2.75, 3.05) is 6.54 Å². The van der Waals surface area contributed by atoms with Crippen LogP contribution in [0.1, 0.15) is 13.8 Å². The van der Waals surface area contributed by atoms with Crippen LogP contribution in [0.5, 0.6) is 0 Å². The van der Waals surface area contributed by atoms with Gasteiger partial charge in [-0.2, -0.15) is 0 Å². The van der Waals surface area contributed by atoms with Crippen LogP contribution in [0.2, 0.25) is 0 Å². The highest BCUT2D eigenvalue weighted by Crippen LogP contribution is 2.54.